The summed E-state index contributed by atoms with van der Waals surface area (Å²) in [5, 5.41) is 3.85. The Morgan fingerprint density at radius 3 is 2.68 bits per heavy atom. The van der Waals surface area contributed by atoms with E-state index in [0.29, 0.717) is 38.5 Å². The second kappa shape index (κ2) is 13.6. The molecule has 0 saturated carbocycles. The Hall–Kier alpha value is -4.71. The van der Waals surface area contributed by atoms with Crippen molar-refractivity contribution in [2.75, 3.05) is 36.8 Å². The predicted octanol–water partition coefficient (Wildman–Crippen LogP) is 6.55. The number of likely N-dealkylation sites (N-methyl/N-ethyl adjacent to an activating group) is 1. The molecule has 12 nitrogen and oxygen atoms in total. The van der Waals surface area contributed by atoms with Crippen LogP contribution in [0.25, 0.3) is 22.2 Å². The van der Waals surface area contributed by atoms with E-state index in [1.54, 1.807) is 11.0 Å². The van der Waals surface area contributed by atoms with Gasteiger partial charge in [-0.15, -0.1) is 5.10 Å². The summed E-state index contributed by atoms with van der Waals surface area (Å²) in [6.45, 7) is 6.17. The van der Waals surface area contributed by atoms with E-state index in [4.69, 9.17) is 22.1 Å². The highest BCUT2D eigenvalue weighted by atomic mass is 35.5. The number of amides is 1. The van der Waals surface area contributed by atoms with Crippen LogP contribution in [0.3, 0.4) is 0 Å². The third kappa shape index (κ3) is 6.38. The molecule has 4 atom stereocenters. The maximum absolute atomic E-state index is 16.7. The van der Waals surface area contributed by atoms with E-state index in [1.807, 2.05) is 23.6 Å². The van der Waals surface area contributed by atoms with Crippen molar-refractivity contribution in [3.05, 3.63) is 59.0 Å². The smallest absolute Gasteiger partial charge is 0.417 e. The van der Waals surface area contributed by atoms with Gasteiger partial charge < -0.3 is 20.3 Å². The average molecular weight is 765 g/mol. The largest absolute Gasteiger partial charge is 0.432 e. The van der Waals surface area contributed by atoms with E-state index in [2.05, 4.69) is 25.0 Å². The number of ether oxygens (including phenoxy) is 1. The molecule has 19 heteroatoms. The molecule has 53 heavy (non-hydrogen) atoms. The fraction of sp³-hybridized carbons (Fsp3) is 0.471. The van der Waals surface area contributed by atoms with E-state index in [9.17, 15) is 26.7 Å². The molecule has 3 aliphatic rings. The first-order valence-corrected chi connectivity index (χ1v) is 17.4. The number of anilines is 2. The Bertz CT molecular complexity index is 2110. The standard InChI is InChI=1S/C34H35ClF6N10O2/c1-4-49(23-6-10-50(18(23)3)32(52)51-16-44-30(35)47-51)29-21-14-43-27(20-12-22(42)25(37)17(2)24(20)34(39,40)41)26(38)28(21)45-31(46-29)53-11-8-33-7-5-9-48(33)15-19(36)13-33/h8,11-12,14,16,18-19,23H,4-7,9-10,13,15,42H2,1-3H3/b11-8+/t18-,19?,23?,33?/m1/s1. The van der Waals surface area contributed by atoms with Crippen molar-refractivity contribution in [1.29, 1.82) is 0 Å². The normalized spacial score (nSPS) is 23.4. The van der Waals surface area contributed by atoms with Crippen molar-refractivity contribution >= 4 is 40.0 Å². The van der Waals surface area contributed by atoms with Crippen molar-refractivity contribution in [1.82, 2.24) is 39.5 Å². The number of pyridine rings is 1. The molecule has 0 spiro atoms. The molecule has 3 aromatic heterocycles. The highest BCUT2D eigenvalue weighted by Crippen LogP contribution is 2.44. The van der Waals surface area contributed by atoms with Crippen LogP contribution in [0.1, 0.15) is 50.7 Å². The number of halogens is 7. The van der Waals surface area contributed by atoms with E-state index < -0.39 is 81.2 Å². The predicted molar refractivity (Wildman–Crippen MR) is 183 cm³/mol. The number of rotatable bonds is 7. The lowest BCUT2D eigenvalue weighted by Gasteiger charge is -2.34. The lowest BCUT2D eigenvalue weighted by atomic mass is 9.94. The number of carbonyl (C=O) groups is 1. The number of fused-ring (bicyclic) bond motifs is 2. The number of hydrogen-bond donors (Lipinski definition) is 1. The number of benzene rings is 1. The maximum Gasteiger partial charge on any atom is 0.417 e. The van der Waals surface area contributed by atoms with Gasteiger partial charge >= 0.3 is 18.2 Å². The van der Waals surface area contributed by atoms with Crippen LogP contribution >= 0.6 is 11.6 Å². The molecule has 3 unspecified atom stereocenters. The van der Waals surface area contributed by atoms with Gasteiger partial charge in [-0.3, -0.25) is 9.88 Å². The number of carbonyl (C=O) groups excluding carboxylic acids is 1. The number of aromatic nitrogens is 6. The van der Waals surface area contributed by atoms with Crippen molar-refractivity contribution in [3.63, 3.8) is 0 Å². The summed E-state index contributed by atoms with van der Waals surface area (Å²) in [4.78, 5) is 35.6. The summed E-state index contributed by atoms with van der Waals surface area (Å²) in [6.07, 6.45) is 1.63. The van der Waals surface area contributed by atoms with Crippen LogP contribution in [0.2, 0.25) is 5.28 Å². The minimum Gasteiger partial charge on any atom is -0.432 e. The van der Waals surface area contributed by atoms with Gasteiger partial charge in [0.05, 0.1) is 35.0 Å². The van der Waals surface area contributed by atoms with Crippen molar-refractivity contribution in [3.8, 4) is 17.3 Å². The summed E-state index contributed by atoms with van der Waals surface area (Å²) < 4.78 is 95.7. The molecule has 3 aliphatic heterocycles. The topological polar surface area (TPSA) is 131 Å². The van der Waals surface area contributed by atoms with E-state index in [0.717, 1.165) is 30.8 Å². The molecule has 1 amide bonds. The number of likely N-dealkylation sites (tertiary alicyclic amines) is 1. The van der Waals surface area contributed by atoms with E-state index in [-0.39, 0.29) is 28.9 Å². The fourth-order valence-corrected chi connectivity index (χ4v) is 8.22. The van der Waals surface area contributed by atoms with Crippen LogP contribution in [0.15, 0.2) is 30.9 Å². The Labute approximate surface area is 304 Å². The molecular formula is C34H35ClF6N10O2. The van der Waals surface area contributed by atoms with Crippen LogP contribution in [0, 0.1) is 18.6 Å². The third-order valence-electron chi connectivity index (χ3n) is 10.6. The van der Waals surface area contributed by atoms with Gasteiger partial charge in [0, 0.05) is 43.4 Å². The molecule has 7 rings (SSSR count). The molecule has 1 aromatic carbocycles. The molecule has 282 valence electrons. The van der Waals surface area contributed by atoms with Gasteiger partial charge in [-0.2, -0.15) is 27.8 Å². The van der Waals surface area contributed by atoms with Gasteiger partial charge in [0.2, 0.25) is 5.28 Å². The summed E-state index contributed by atoms with van der Waals surface area (Å²) in [5.41, 5.74) is 0.357. The number of nitrogens with zero attached hydrogens (tertiary/aromatic N) is 9. The van der Waals surface area contributed by atoms with Crippen molar-refractivity contribution < 1.29 is 35.9 Å². The minimum atomic E-state index is -5.09. The second-order valence-electron chi connectivity index (χ2n) is 13.5. The fourth-order valence-electron chi connectivity index (χ4n) is 8.10. The summed E-state index contributed by atoms with van der Waals surface area (Å²) in [7, 11) is 0. The molecule has 4 aromatic rings. The number of nitrogens with two attached hydrogens (primary N) is 1. The Morgan fingerprint density at radius 2 is 1.98 bits per heavy atom. The Kier molecular flexibility index (Phi) is 9.41. The van der Waals surface area contributed by atoms with Gasteiger partial charge in [0.25, 0.3) is 0 Å². The molecule has 0 bridgehead atoms. The molecule has 6 heterocycles. The van der Waals surface area contributed by atoms with Crippen LogP contribution in [0.5, 0.6) is 6.01 Å². The lowest BCUT2D eigenvalue weighted by Crippen LogP contribution is -2.47. The zero-order valence-electron chi connectivity index (χ0n) is 28.8. The Balaban J connectivity index is 1.33. The number of nitrogen functional groups attached to an aromatic ring is 1. The van der Waals surface area contributed by atoms with Crippen molar-refractivity contribution in [2.24, 2.45) is 0 Å². The highest BCUT2D eigenvalue weighted by molar-refractivity contribution is 6.28. The first-order chi connectivity index (χ1) is 25.1. The second-order valence-corrected chi connectivity index (χ2v) is 13.9. The van der Waals surface area contributed by atoms with Crippen LogP contribution < -0.4 is 15.4 Å². The van der Waals surface area contributed by atoms with Crippen LogP contribution in [-0.4, -0.2) is 95.5 Å². The van der Waals surface area contributed by atoms with Gasteiger partial charge in [-0.25, -0.2) is 22.9 Å². The molecule has 2 N–H and O–H groups in total. The first-order valence-electron chi connectivity index (χ1n) is 17.0. The van der Waals surface area contributed by atoms with Crippen molar-refractivity contribution in [2.45, 2.75) is 76.4 Å². The molecular weight excluding hydrogens is 730 g/mol. The zero-order chi connectivity index (χ0) is 38.0. The summed E-state index contributed by atoms with van der Waals surface area (Å²) in [6, 6.07) is -0.944. The average Bonchev–Trinajstić information content (AvgIpc) is 3.87. The molecule has 0 radical (unpaired) electrons. The van der Waals surface area contributed by atoms with Gasteiger partial charge in [-0.05, 0) is 75.9 Å². The molecule has 3 saturated heterocycles. The minimum absolute atomic E-state index is 0.0430. The van der Waals surface area contributed by atoms with E-state index >= 15 is 4.39 Å². The summed E-state index contributed by atoms with van der Waals surface area (Å²) >= 11 is 5.83. The number of hydrogen-bond acceptors (Lipinski definition) is 10. The van der Waals surface area contributed by atoms with Gasteiger partial charge in [0.1, 0.15) is 35.3 Å². The SMILES string of the molecule is CCN(c1nc(O/C=C/C23CCCN2CC(F)C3)nc2c(F)c(-c3cc(N)c(F)c(C)c3C(F)(F)F)ncc12)C1CCN(C(=O)n2cnc(Cl)n2)[C@@H]1C. The lowest BCUT2D eigenvalue weighted by molar-refractivity contribution is -0.137. The summed E-state index contributed by atoms with van der Waals surface area (Å²) in [5.74, 6) is -2.38. The molecule has 3 fully saturated rings. The third-order valence-corrected chi connectivity index (χ3v) is 10.7. The van der Waals surface area contributed by atoms with Gasteiger partial charge in [-0.1, -0.05) is 0 Å². The maximum atomic E-state index is 16.7. The quantitative estimate of drug-likeness (QED) is 0.126. The van der Waals surface area contributed by atoms with E-state index in [1.165, 1.54) is 12.6 Å². The molecule has 0 aliphatic carbocycles. The highest BCUT2D eigenvalue weighted by Gasteiger charge is 2.47. The van der Waals surface area contributed by atoms with Crippen LogP contribution in [0.4, 0.5) is 42.6 Å². The monoisotopic (exact) mass is 764 g/mol. The van der Waals surface area contributed by atoms with Crippen LogP contribution in [-0.2, 0) is 6.18 Å². The van der Waals surface area contributed by atoms with Gasteiger partial charge in [0.15, 0.2) is 5.82 Å². The first kappa shape index (κ1) is 36.6. The Morgan fingerprint density at radius 1 is 1.21 bits per heavy atom. The zero-order valence-corrected chi connectivity index (χ0v) is 29.6. The number of alkyl halides is 4.